The molecule has 0 spiro atoms. The van der Waals surface area contributed by atoms with E-state index in [0.29, 0.717) is 5.17 Å². The Morgan fingerprint density at radius 1 is 1.60 bits per heavy atom. The van der Waals surface area contributed by atoms with Crippen LogP contribution in [0, 0.1) is 15.9 Å². The first-order valence-corrected chi connectivity index (χ1v) is 3.75. The van der Waals surface area contributed by atoms with Crippen LogP contribution in [-0.2, 0) is 4.94 Å². The topological polar surface area (TPSA) is 90.9 Å². The van der Waals surface area contributed by atoms with Crippen LogP contribution in [0.2, 0.25) is 0 Å². The summed E-state index contributed by atoms with van der Waals surface area (Å²) in [6.45, 7) is 0. The fourth-order valence-corrected chi connectivity index (χ4v) is 0.951. The zero-order valence-corrected chi connectivity index (χ0v) is 7.71. The van der Waals surface area contributed by atoms with Gasteiger partial charge in [-0.2, -0.15) is 4.94 Å². The molecule has 0 aliphatic heterocycles. The van der Waals surface area contributed by atoms with Crippen molar-refractivity contribution >= 4 is 5.69 Å². The molecule has 0 fully saturated rings. The third-order valence-corrected chi connectivity index (χ3v) is 1.53. The minimum Gasteiger partial charge on any atom is -0.494 e. The Hall–Kier alpha value is -2.09. The molecule has 0 saturated carbocycles. The Labute approximate surface area is 83.8 Å². The van der Waals surface area contributed by atoms with Gasteiger partial charge in [0.1, 0.15) is 17.3 Å². The Kier molecular flexibility index (Phi) is 3.24. The van der Waals surface area contributed by atoms with Crippen LogP contribution >= 0.6 is 0 Å². The van der Waals surface area contributed by atoms with Crippen molar-refractivity contribution in [3.05, 3.63) is 34.1 Å². The van der Waals surface area contributed by atoms with Crippen LogP contribution in [0.4, 0.5) is 10.1 Å². The molecule has 0 radical (unpaired) electrons. The Morgan fingerprint density at radius 2 is 2.27 bits per heavy atom. The molecule has 0 aliphatic carbocycles. The molecule has 0 heterocycles. The number of anilines is 1. The summed E-state index contributed by atoms with van der Waals surface area (Å²) in [5.74, 6) is 4.70. The van der Waals surface area contributed by atoms with Crippen molar-refractivity contribution < 1.29 is 19.2 Å². The summed E-state index contributed by atoms with van der Waals surface area (Å²) in [5, 5.41) is 9.18. The smallest absolute Gasteiger partial charge is 0.318 e. The molecular weight excluding hydrogens is 209 g/mol. The van der Waals surface area contributed by atoms with Gasteiger partial charge in [-0.3, -0.25) is 0 Å². The number of nitrogens with zero attached hydrogens (tertiary/aromatic N) is 2. The van der Waals surface area contributed by atoms with Crippen LogP contribution in [0.3, 0.4) is 0 Å². The van der Waals surface area contributed by atoms with Gasteiger partial charge in [-0.15, -0.1) is 15.3 Å². The molecule has 2 N–H and O–H groups in total. The van der Waals surface area contributed by atoms with Gasteiger partial charge in [0, 0.05) is 6.07 Å². The van der Waals surface area contributed by atoms with Crippen LogP contribution in [0.1, 0.15) is 0 Å². The maximum absolute atomic E-state index is 12.8. The average molecular weight is 217 g/mol. The summed E-state index contributed by atoms with van der Waals surface area (Å²) >= 11 is 0. The Morgan fingerprint density at radius 3 is 2.80 bits per heavy atom. The first-order chi connectivity index (χ1) is 7.04. The second-order valence-electron chi connectivity index (χ2n) is 2.45. The number of hydrogen-bond donors (Lipinski definition) is 1. The number of hydrogen-bond acceptors (Lipinski definition) is 6. The molecule has 1 aromatic carbocycles. The lowest BCUT2D eigenvalue weighted by Gasteiger charge is -2.16. The predicted molar refractivity (Wildman–Crippen MR) is 47.7 cm³/mol. The molecule has 0 atom stereocenters. The Balaban J connectivity index is 2.99. The fraction of sp³-hybridized carbons (Fsp3) is 0.143. The quantitative estimate of drug-likeness (QED) is 0.452. The normalized spacial score (nSPS) is 9.53. The van der Waals surface area contributed by atoms with E-state index in [-0.39, 0.29) is 11.4 Å². The van der Waals surface area contributed by atoms with Crippen molar-refractivity contribution in [2.45, 2.75) is 0 Å². The van der Waals surface area contributed by atoms with E-state index in [1.165, 1.54) is 13.2 Å². The predicted octanol–water partition coefficient (Wildman–Crippen LogP) is 0.638. The van der Waals surface area contributed by atoms with Crippen molar-refractivity contribution in [2.24, 2.45) is 5.84 Å². The highest BCUT2D eigenvalue weighted by Gasteiger charge is 2.13. The molecule has 8 heteroatoms. The van der Waals surface area contributed by atoms with Gasteiger partial charge in [-0.1, -0.05) is 0 Å². The molecule has 0 amide bonds. The third-order valence-electron chi connectivity index (χ3n) is 1.53. The van der Waals surface area contributed by atoms with Crippen molar-refractivity contribution in [1.29, 1.82) is 0 Å². The van der Waals surface area contributed by atoms with Gasteiger partial charge in [-0.05, 0) is 12.1 Å². The number of hydrazine groups is 1. The summed E-state index contributed by atoms with van der Waals surface area (Å²) in [6.07, 6.45) is 0. The molecule has 0 saturated heterocycles. The molecule has 82 valence electrons. The largest absolute Gasteiger partial charge is 0.494 e. The number of nitrogens with two attached hydrogens (primary N) is 1. The molecule has 7 nitrogen and oxygen atoms in total. The third kappa shape index (κ3) is 2.68. The fourth-order valence-electron chi connectivity index (χ4n) is 0.951. The van der Waals surface area contributed by atoms with Crippen molar-refractivity contribution in [1.82, 2.24) is 0 Å². The molecule has 1 aromatic rings. The molecule has 1 rings (SSSR count). The van der Waals surface area contributed by atoms with Gasteiger partial charge in [0.05, 0.1) is 7.11 Å². The van der Waals surface area contributed by atoms with E-state index in [9.17, 15) is 14.5 Å². The second-order valence-corrected chi connectivity index (χ2v) is 2.45. The first kappa shape index (κ1) is 11.0. The zero-order valence-electron chi connectivity index (χ0n) is 7.71. The molecule has 0 aliphatic rings. The van der Waals surface area contributed by atoms with Crippen molar-refractivity contribution in [2.75, 3.05) is 12.3 Å². The van der Waals surface area contributed by atoms with Crippen LogP contribution in [0.5, 0.6) is 5.75 Å². The summed E-state index contributed by atoms with van der Waals surface area (Å²) in [5.41, 5.74) is -0.0887. The number of benzene rings is 1. The molecular formula is C7H8FN3O4. The van der Waals surface area contributed by atoms with Gasteiger partial charge in [-0.25, -0.2) is 10.2 Å². The number of ether oxygens (including phenoxy) is 1. The lowest BCUT2D eigenvalue weighted by atomic mass is 10.3. The molecule has 0 unspecified atom stereocenters. The standard InChI is InChI=1S/C7H8FN3O4/c1-14-7-3-2-5(8)4-6(7)10(9)15-11(12)13/h2-4H,9H2,1H3. The summed E-state index contributed by atoms with van der Waals surface area (Å²) < 4.78 is 17.6. The van der Waals surface area contributed by atoms with E-state index >= 15 is 0 Å². The van der Waals surface area contributed by atoms with E-state index in [0.717, 1.165) is 12.1 Å². The lowest BCUT2D eigenvalue weighted by molar-refractivity contribution is -0.762. The van der Waals surface area contributed by atoms with Crippen molar-refractivity contribution in [3.8, 4) is 5.75 Å². The zero-order chi connectivity index (χ0) is 11.4. The van der Waals surface area contributed by atoms with Gasteiger partial charge < -0.3 is 4.74 Å². The van der Waals surface area contributed by atoms with Gasteiger partial charge in [0.15, 0.2) is 0 Å². The maximum atomic E-state index is 12.8. The minimum absolute atomic E-state index is 0.0887. The first-order valence-electron chi connectivity index (χ1n) is 3.75. The van der Waals surface area contributed by atoms with E-state index in [1.807, 2.05) is 0 Å². The average Bonchev–Trinajstić information content (AvgIpc) is 2.16. The number of halogens is 1. The molecule has 0 aromatic heterocycles. The number of rotatable bonds is 4. The van der Waals surface area contributed by atoms with Gasteiger partial charge >= 0.3 is 5.09 Å². The van der Waals surface area contributed by atoms with Crippen LogP contribution < -0.4 is 15.8 Å². The SMILES string of the molecule is COc1ccc(F)cc1N(N)O[N+](=O)[O-]. The highest BCUT2D eigenvalue weighted by Crippen LogP contribution is 2.27. The van der Waals surface area contributed by atoms with Crippen LogP contribution in [0.25, 0.3) is 0 Å². The second kappa shape index (κ2) is 4.42. The monoisotopic (exact) mass is 217 g/mol. The van der Waals surface area contributed by atoms with Gasteiger partial charge in [0.25, 0.3) is 0 Å². The number of methoxy groups -OCH3 is 1. The minimum atomic E-state index is -1.12. The lowest BCUT2D eigenvalue weighted by Crippen LogP contribution is -2.33. The van der Waals surface area contributed by atoms with E-state index in [4.69, 9.17) is 10.6 Å². The maximum Gasteiger partial charge on any atom is 0.318 e. The van der Waals surface area contributed by atoms with Crippen molar-refractivity contribution in [3.63, 3.8) is 0 Å². The molecule has 0 bridgehead atoms. The summed E-state index contributed by atoms with van der Waals surface area (Å²) in [6, 6.07) is 3.35. The van der Waals surface area contributed by atoms with E-state index in [2.05, 4.69) is 4.94 Å². The summed E-state index contributed by atoms with van der Waals surface area (Å²) in [7, 11) is 1.32. The van der Waals surface area contributed by atoms with Crippen LogP contribution in [0.15, 0.2) is 18.2 Å². The highest BCUT2D eigenvalue weighted by atomic mass is 19.1. The highest BCUT2D eigenvalue weighted by molar-refractivity contribution is 5.55. The summed E-state index contributed by atoms with van der Waals surface area (Å²) in [4.78, 5) is 13.9. The van der Waals surface area contributed by atoms with E-state index < -0.39 is 10.9 Å². The van der Waals surface area contributed by atoms with Gasteiger partial charge in [0.2, 0.25) is 0 Å². The Bertz CT molecular complexity index is 373. The molecule has 15 heavy (non-hydrogen) atoms. The van der Waals surface area contributed by atoms with E-state index in [1.54, 1.807) is 0 Å². The van der Waals surface area contributed by atoms with Crippen LogP contribution in [-0.4, -0.2) is 12.2 Å².